The summed E-state index contributed by atoms with van der Waals surface area (Å²) in [6.07, 6.45) is 1.92. The molecule has 5 heteroatoms. The molecule has 0 atom stereocenters. The molecule has 5 nitrogen and oxygen atoms in total. The molecular formula is C16H23NO4. The van der Waals surface area contributed by atoms with Crippen LogP contribution >= 0.6 is 0 Å². The largest absolute Gasteiger partial charge is 0.494 e. The summed E-state index contributed by atoms with van der Waals surface area (Å²) in [4.78, 5) is 22.6. The Morgan fingerprint density at radius 3 is 2.43 bits per heavy atom. The van der Waals surface area contributed by atoms with Gasteiger partial charge in [-0.15, -0.1) is 0 Å². The lowest BCUT2D eigenvalue weighted by Crippen LogP contribution is -2.25. The van der Waals surface area contributed by atoms with Gasteiger partial charge in [0.2, 0.25) is 5.91 Å². The number of ketones is 1. The fourth-order valence-electron chi connectivity index (χ4n) is 1.74. The highest BCUT2D eigenvalue weighted by Gasteiger charge is 2.02. The second-order valence-electron chi connectivity index (χ2n) is 4.73. The Balaban J connectivity index is 2.13. The van der Waals surface area contributed by atoms with Gasteiger partial charge in [-0.2, -0.15) is 0 Å². The Kier molecular flexibility index (Phi) is 8.12. The van der Waals surface area contributed by atoms with Gasteiger partial charge in [0, 0.05) is 32.2 Å². The molecule has 0 spiro atoms. The number of Topliss-reactive ketones (excluding diaryl/α,β-unsaturated/α-hetero) is 1. The highest BCUT2D eigenvalue weighted by atomic mass is 16.5. The van der Waals surface area contributed by atoms with Crippen molar-refractivity contribution < 1.29 is 19.1 Å². The van der Waals surface area contributed by atoms with Crippen molar-refractivity contribution >= 4 is 11.7 Å². The van der Waals surface area contributed by atoms with E-state index < -0.39 is 0 Å². The van der Waals surface area contributed by atoms with Gasteiger partial charge in [0.15, 0.2) is 5.78 Å². The number of amides is 1. The number of carbonyl (C=O) groups excluding carboxylic acids is 2. The van der Waals surface area contributed by atoms with Crippen LogP contribution in [0.15, 0.2) is 24.3 Å². The SMILES string of the molecule is COCCCNC(=O)CCCOc1ccc(C(C)=O)cc1. The number of rotatable bonds is 10. The summed E-state index contributed by atoms with van der Waals surface area (Å²) in [6.45, 7) is 3.30. The fraction of sp³-hybridized carbons (Fsp3) is 0.500. The van der Waals surface area contributed by atoms with E-state index in [-0.39, 0.29) is 11.7 Å². The Labute approximate surface area is 125 Å². The molecule has 0 saturated heterocycles. The maximum atomic E-state index is 11.5. The van der Waals surface area contributed by atoms with Crippen LogP contribution in [0.4, 0.5) is 0 Å². The van der Waals surface area contributed by atoms with Gasteiger partial charge < -0.3 is 14.8 Å². The normalized spacial score (nSPS) is 10.2. The first-order chi connectivity index (χ1) is 10.1. The van der Waals surface area contributed by atoms with E-state index in [9.17, 15) is 9.59 Å². The van der Waals surface area contributed by atoms with Crippen molar-refractivity contribution in [3.05, 3.63) is 29.8 Å². The first-order valence-corrected chi connectivity index (χ1v) is 7.13. The summed E-state index contributed by atoms with van der Waals surface area (Å²) < 4.78 is 10.4. The Bertz CT molecular complexity index is 442. The maximum Gasteiger partial charge on any atom is 0.220 e. The molecule has 0 fully saturated rings. The smallest absolute Gasteiger partial charge is 0.220 e. The summed E-state index contributed by atoms with van der Waals surface area (Å²) in [7, 11) is 1.64. The van der Waals surface area contributed by atoms with Crippen LogP contribution in [-0.2, 0) is 9.53 Å². The van der Waals surface area contributed by atoms with Gasteiger partial charge in [-0.1, -0.05) is 0 Å². The predicted octanol–water partition coefficient (Wildman–Crippen LogP) is 2.20. The molecule has 0 saturated carbocycles. The number of methoxy groups -OCH3 is 1. The van der Waals surface area contributed by atoms with Gasteiger partial charge in [0.25, 0.3) is 0 Å². The van der Waals surface area contributed by atoms with Crippen LogP contribution in [-0.4, -0.2) is 38.6 Å². The van der Waals surface area contributed by atoms with Crippen LogP contribution < -0.4 is 10.1 Å². The second kappa shape index (κ2) is 9.94. The molecule has 116 valence electrons. The number of ether oxygens (including phenoxy) is 2. The third-order valence-corrected chi connectivity index (χ3v) is 2.93. The first-order valence-electron chi connectivity index (χ1n) is 7.13. The van der Waals surface area contributed by atoms with Crippen molar-refractivity contribution in [3.8, 4) is 5.75 Å². The highest BCUT2D eigenvalue weighted by molar-refractivity contribution is 5.94. The molecule has 0 aliphatic carbocycles. The van der Waals surface area contributed by atoms with Gasteiger partial charge in [-0.3, -0.25) is 9.59 Å². The molecule has 21 heavy (non-hydrogen) atoms. The average molecular weight is 293 g/mol. The zero-order valence-electron chi connectivity index (χ0n) is 12.7. The van der Waals surface area contributed by atoms with Crippen molar-refractivity contribution in [1.82, 2.24) is 5.32 Å². The van der Waals surface area contributed by atoms with Crippen LogP contribution in [0.1, 0.15) is 36.5 Å². The number of benzene rings is 1. The van der Waals surface area contributed by atoms with Gasteiger partial charge >= 0.3 is 0 Å². The van der Waals surface area contributed by atoms with Gasteiger partial charge in [0.1, 0.15) is 5.75 Å². The van der Waals surface area contributed by atoms with Crippen molar-refractivity contribution in [2.45, 2.75) is 26.2 Å². The maximum absolute atomic E-state index is 11.5. The van der Waals surface area contributed by atoms with E-state index >= 15 is 0 Å². The molecule has 0 aliphatic heterocycles. The minimum Gasteiger partial charge on any atom is -0.494 e. The van der Waals surface area contributed by atoms with Crippen LogP contribution in [0.2, 0.25) is 0 Å². The summed E-state index contributed by atoms with van der Waals surface area (Å²) in [5, 5.41) is 2.82. The summed E-state index contributed by atoms with van der Waals surface area (Å²) in [6, 6.07) is 7.00. The molecule has 0 radical (unpaired) electrons. The molecule has 1 aromatic carbocycles. The van der Waals surface area contributed by atoms with Gasteiger partial charge in [-0.05, 0) is 44.0 Å². The molecule has 0 aliphatic rings. The number of carbonyl (C=O) groups is 2. The van der Waals surface area contributed by atoms with E-state index in [4.69, 9.17) is 9.47 Å². The molecule has 1 aromatic rings. The van der Waals surface area contributed by atoms with Crippen LogP contribution in [0.5, 0.6) is 5.75 Å². The Hall–Kier alpha value is -1.88. The third-order valence-electron chi connectivity index (χ3n) is 2.93. The van der Waals surface area contributed by atoms with Crippen molar-refractivity contribution in [1.29, 1.82) is 0 Å². The van der Waals surface area contributed by atoms with E-state index in [1.807, 2.05) is 0 Å². The minimum absolute atomic E-state index is 0.0293. The van der Waals surface area contributed by atoms with Crippen molar-refractivity contribution in [2.75, 3.05) is 26.9 Å². The molecule has 0 heterocycles. The lowest BCUT2D eigenvalue weighted by Gasteiger charge is -2.07. The first kappa shape index (κ1) is 17.2. The van der Waals surface area contributed by atoms with Crippen molar-refractivity contribution in [3.63, 3.8) is 0 Å². The molecule has 0 unspecified atom stereocenters. The molecule has 1 rings (SSSR count). The summed E-state index contributed by atoms with van der Waals surface area (Å²) >= 11 is 0. The minimum atomic E-state index is 0.0293. The van der Waals surface area contributed by atoms with Crippen LogP contribution in [0, 0.1) is 0 Å². The number of hydrogen-bond acceptors (Lipinski definition) is 4. The van der Waals surface area contributed by atoms with E-state index in [1.54, 1.807) is 31.4 Å². The van der Waals surface area contributed by atoms with E-state index in [2.05, 4.69) is 5.32 Å². The van der Waals surface area contributed by atoms with Gasteiger partial charge in [0.05, 0.1) is 6.61 Å². The van der Waals surface area contributed by atoms with E-state index in [1.165, 1.54) is 6.92 Å². The monoisotopic (exact) mass is 293 g/mol. The summed E-state index contributed by atoms with van der Waals surface area (Å²) in [5.74, 6) is 0.772. The lowest BCUT2D eigenvalue weighted by molar-refractivity contribution is -0.121. The quantitative estimate of drug-likeness (QED) is 0.530. The van der Waals surface area contributed by atoms with Gasteiger partial charge in [-0.25, -0.2) is 0 Å². The Morgan fingerprint density at radius 2 is 1.81 bits per heavy atom. The second-order valence-corrected chi connectivity index (χ2v) is 4.73. The average Bonchev–Trinajstić information content (AvgIpc) is 2.48. The zero-order valence-corrected chi connectivity index (χ0v) is 12.7. The standard InChI is InChI=1S/C16H23NO4/c1-13(18)14-6-8-15(9-7-14)21-12-3-5-16(19)17-10-4-11-20-2/h6-9H,3-5,10-12H2,1-2H3,(H,17,19). The summed E-state index contributed by atoms with van der Waals surface area (Å²) in [5.41, 5.74) is 0.665. The van der Waals surface area contributed by atoms with E-state index in [0.29, 0.717) is 43.9 Å². The van der Waals surface area contributed by atoms with E-state index in [0.717, 1.165) is 6.42 Å². The van der Waals surface area contributed by atoms with Crippen LogP contribution in [0.3, 0.4) is 0 Å². The third kappa shape index (κ3) is 7.46. The molecule has 0 aromatic heterocycles. The molecule has 1 N–H and O–H groups in total. The van der Waals surface area contributed by atoms with Crippen LogP contribution in [0.25, 0.3) is 0 Å². The zero-order chi connectivity index (χ0) is 15.5. The topological polar surface area (TPSA) is 64.6 Å². The molecule has 0 bridgehead atoms. The predicted molar refractivity (Wildman–Crippen MR) is 80.7 cm³/mol. The number of hydrogen-bond donors (Lipinski definition) is 1. The van der Waals surface area contributed by atoms with Crippen molar-refractivity contribution in [2.24, 2.45) is 0 Å². The number of nitrogens with one attached hydrogen (secondary N) is 1. The molecule has 1 amide bonds. The molecular weight excluding hydrogens is 270 g/mol. The lowest BCUT2D eigenvalue weighted by atomic mass is 10.1. The highest BCUT2D eigenvalue weighted by Crippen LogP contribution is 2.12. The Morgan fingerprint density at radius 1 is 1.10 bits per heavy atom. The fourth-order valence-corrected chi connectivity index (χ4v) is 1.74.